The first-order chi connectivity index (χ1) is 31.3. The van der Waals surface area contributed by atoms with E-state index in [1.54, 1.807) is 0 Å². The number of carbonyl (C=O) groups excluding carboxylic acids is 4. The quantitative estimate of drug-likeness (QED) is 0.0330. The van der Waals surface area contributed by atoms with Crippen LogP contribution in [0.15, 0.2) is 0 Å². The number of hydrogen-bond donors (Lipinski definition) is 0. The summed E-state index contributed by atoms with van der Waals surface area (Å²) in [4.78, 5) is 61.0. The summed E-state index contributed by atoms with van der Waals surface area (Å²) in [6.07, 6.45) is 33.5. The second-order valence-corrected chi connectivity index (χ2v) is 18.7. The van der Waals surface area contributed by atoms with Gasteiger partial charge in [-0.3, -0.25) is 38.8 Å². The van der Waals surface area contributed by atoms with Gasteiger partial charge in [-0.15, -0.1) is 0 Å². The van der Waals surface area contributed by atoms with Crippen molar-refractivity contribution in [2.45, 2.75) is 232 Å². The van der Waals surface area contributed by atoms with Crippen LogP contribution >= 0.6 is 0 Å². The SMILES string of the molecule is CCCCCCCCCCCOC(=O)CCN1CCN(CCC(=O)OCCCCCCCCCCC)C2C1N(CCC(=O)OC)CCN2CCC(=O)OCCCCCCCCCCC. The van der Waals surface area contributed by atoms with E-state index >= 15 is 0 Å². The lowest BCUT2D eigenvalue weighted by atomic mass is 10.1. The minimum Gasteiger partial charge on any atom is -0.469 e. The van der Waals surface area contributed by atoms with Gasteiger partial charge in [-0.25, -0.2) is 0 Å². The van der Waals surface area contributed by atoms with Crippen LogP contribution in [0.5, 0.6) is 0 Å². The molecule has 0 aromatic heterocycles. The van der Waals surface area contributed by atoms with Crippen LogP contribution in [0.2, 0.25) is 0 Å². The second kappa shape index (κ2) is 39.8. The number of ether oxygens (including phenoxy) is 4. The Balaban J connectivity index is 2.01. The molecular weight excluding hydrogens is 809 g/mol. The van der Waals surface area contributed by atoms with E-state index in [4.69, 9.17) is 18.9 Å². The fraction of sp³-hybridized carbons (Fsp3) is 0.923. The summed E-state index contributed by atoms with van der Waals surface area (Å²) in [5, 5.41) is 0. The molecule has 12 heteroatoms. The number of fused-ring (bicyclic) bond motifs is 1. The van der Waals surface area contributed by atoms with Gasteiger partial charge >= 0.3 is 23.9 Å². The van der Waals surface area contributed by atoms with Gasteiger partial charge in [0.15, 0.2) is 0 Å². The summed E-state index contributed by atoms with van der Waals surface area (Å²) >= 11 is 0. The van der Waals surface area contributed by atoms with Crippen LogP contribution in [0.3, 0.4) is 0 Å². The highest BCUT2D eigenvalue weighted by Crippen LogP contribution is 2.29. The maximum Gasteiger partial charge on any atom is 0.307 e. The molecule has 0 spiro atoms. The highest BCUT2D eigenvalue weighted by molar-refractivity contribution is 5.70. The van der Waals surface area contributed by atoms with Crippen LogP contribution in [0.1, 0.15) is 220 Å². The molecule has 0 N–H and O–H groups in total. The zero-order valence-corrected chi connectivity index (χ0v) is 41.9. The Morgan fingerprint density at radius 3 is 0.797 bits per heavy atom. The van der Waals surface area contributed by atoms with E-state index in [-0.39, 0.29) is 61.9 Å². The summed E-state index contributed by atoms with van der Waals surface area (Å²) in [6, 6.07) is 0. The molecule has 0 aliphatic carbocycles. The van der Waals surface area contributed by atoms with Crippen molar-refractivity contribution in [1.82, 2.24) is 19.6 Å². The fourth-order valence-electron chi connectivity index (χ4n) is 9.29. The minimum atomic E-state index is -0.261. The molecule has 2 atom stereocenters. The Labute approximate surface area is 391 Å². The molecule has 0 aromatic rings. The number of piperazine rings is 2. The highest BCUT2D eigenvalue weighted by Gasteiger charge is 2.46. The van der Waals surface area contributed by atoms with Crippen molar-refractivity contribution in [3.05, 3.63) is 0 Å². The zero-order chi connectivity index (χ0) is 46.3. The molecule has 0 bridgehead atoms. The fourth-order valence-corrected chi connectivity index (χ4v) is 9.29. The third-order valence-corrected chi connectivity index (χ3v) is 13.3. The number of methoxy groups -OCH3 is 1. The smallest absolute Gasteiger partial charge is 0.307 e. The maximum absolute atomic E-state index is 13.1. The zero-order valence-electron chi connectivity index (χ0n) is 41.9. The van der Waals surface area contributed by atoms with E-state index in [1.165, 1.54) is 142 Å². The third kappa shape index (κ3) is 28.0. The van der Waals surface area contributed by atoms with Gasteiger partial charge < -0.3 is 18.9 Å². The van der Waals surface area contributed by atoms with Crippen molar-refractivity contribution < 1.29 is 38.1 Å². The third-order valence-electron chi connectivity index (χ3n) is 13.3. The lowest BCUT2D eigenvalue weighted by molar-refractivity contribution is -0.166. The number of rotatable bonds is 42. The van der Waals surface area contributed by atoms with Crippen molar-refractivity contribution in [3.8, 4) is 0 Å². The van der Waals surface area contributed by atoms with Crippen LogP contribution in [-0.4, -0.2) is 135 Å². The molecule has 2 unspecified atom stereocenters. The van der Waals surface area contributed by atoms with Gasteiger partial charge in [0.05, 0.1) is 64.9 Å². The lowest BCUT2D eigenvalue weighted by Gasteiger charge is -2.58. The topological polar surface area (TPSA) is 118 Å². The first-order valence-corrected chi connectivity index (χ1v) is 26.8. The van der Waals surface area contributed by atoms with Crippen molar-refractivity contribution in [1.29, 1.82) is 0 Å². The molecule has 2 aliphatic heterocycles. The van der Waals surface area contributed by atoms with Gasteiger partial charge in [0, 0.05) is 52.4 Å². The number of unbranched alkanes of at least 4 members (excludes halogenated alkanes) is 24. The number of carbonyl (C=O) groups is 4. The molecule has 2 fully saturated rings. The van der Waals surface area contributed by atoms with Gasteiger partial charge in [-0.2, -0.15) is 0 Å². The van der Waals surface area contributed by atoms with Crippen LogP contribution in [-0.2, 0) is 38.1 Å². The van der Waals surface area contributed by atoms with Gasteiger partial charge in [0.2, 0.25) is 0 Å². The predicted octanol–water partition coefficient (Wildman–Crippen LogP) is 10.8. The number of hydrogen-bond acceptors (Lipinski definition) is 12. The molecule has 2 saturated heterocycles. The van der Waals surface area contributed by atoms with E-state index in [9.17, 15) is 19.2 Å². The summed E-state index contributed by atoms with van der Waals surface area (Å²) in [7, 11) is 1.42. The summed E-state index contributed by atoms with van der Waals surface area (Å²) in [5.41, 5.74) is 0. The number of esters is 4. The van der Waals surface area contributed by atoms with Crippen LogP contribution in [0.25, 0.3) is 0 Å². The van der Waals surface area contributed by atoms with Crippen LogP contribution in [0, 0.1) is 0 Å². The molecule has 0 amide bonds. The van der Waals surface area contributed by atoms with Crippen LogP contribution in [0.4, 0.5) is 0 Å². The molecule has 0 saturated carbocycles. The average molecular weight is 907 g/mol. The van der Waals surface area contributed by atoms with E-state index in [0.29, 0.717) is 72.2 Å². The molecule has 2 heterocycles. The summed E-state index contributed by atoms with van der Waals surface area (Å²) in [5.74, 6) is -0.809. The molecule has 0 radical (unpaired) electrons. The Hall–Kier alpha value is -2.28. The van der Waals surface area contributed by atoms with Gasteiger partial charge in [-0.1, -0.05) is 175 Å². The van der Waals surface area contributed by atoms with E-state index in [0.717, 1.165) is 38.5 Å². The number of nitrogens with zero attached hydrogens (tertiary/aromatic N) is 4. The molecule has 374 valence electrons. The molecule has 2 rings (SSSR count). The van der Waals surface area contributed by atoms with Crippen LogP contribution < -0.4 is 0 Å². The van der Waals surface area contributed by atoms with Gasteiger partial charge in [0.1, 0.15) is 0 Å². The first kappa shape index (κ1) is 57.8. The molecular formula is C52H98N4O8. The first-order valence-electron chi connectivity index (χ1n) is 26.8. The van der Waals surface area contributed by atoms with Crippen molar-refractivity contribution in [2.75, 3.05) is 79.3 Å². The Kier molecular flexibility index (Phi) is 36.0. The van der Waals surface area contributed by atoms with Crippen molar-refractivity contribution in [2.24, 2.45) is 0 Å². The van der Waals surface area contributed by atoms with E-state index in [2.05, 4.69) is 40.4 Å². The Morgan fingerprint density at radius 1 is 0.344 bits per heavy atom. The monoisotopic (exact) mass is 907 g/mol. The maximum atomic E-state index is 13.1. The molecule has 64 heavy (non-hydrogen) atoms. The van der Waals surface area contributed by atoms with Crippen molar-refractivity contribution >= 4 is 23.9 Å². The lowest BCUT2D eigenvalue weighted by Crippen LogP contribution is -2.74. The average Bonchev–Trinajstić information content (AvgIpc) is 3.30. The van der Waals surface area contributed by atoms with E-state index < -0.39 is 0 Å². The molecule has 12 nitrogen and oxygen atoms in total. The summed E-state index contributed by atoms with van der Waals surface area (Å²) < 4.78 is 22.2. The normalized spacial score (nSPS) is 17.3. The largest absolute Gasteiger partial charge is 0.469 e. The van der Waals surface area contributed by atoms with Gasteiger partial charge in [-0.05, 0) is 19.3 Å². The van der Waals surface area contributed by atoms with E-state index in [1.807, 2.05) is 0 Å². The predicted molar refractivity (Wildman–Crippen MR) is 259 cm³/mol. The molecule has 0 aromatic carbocycles. The highest BCUT2D eigenvalue weighted by atomic mass is 16.5. The Morgan fingerprint density at radius 2 is 0.562 bits per heavy atom. The Bertz CT molecular complexity index is 1130. The second-order valence-electron chi connectivity index (χ2n) is 18.7. The standard InChI is InChI=1S/C52H98N4O8/c1-5-8-11-14-17-20-23-26-29-44-62-48(58)33-37-54-42-43-56(39-35-50(60)64-46-31-28-25-22-19-16-13-10-7-3)52-51(54)53(36-32-47(57)61-4)40-41-55(52)38-34-49(59)63-45-30-27-24-21-18-15-12-9-6-2/h51-52H,5-46H2,1-4H3. The minimum absolute atomic E-state index is 0.159. The van der Waals surface area contributed by atoms with Gasteiger partial charge in [0.25, 0.3) is 0 Å². The summed E-state index contributed by atoms with van der Waals surface area (Å²) in [6.45, 7) is 13.0. The molecule has 2 aliphatic rings. The van der Waals surface area contributed by atoms with Crippen molar-refractivity contribution in [3.63, 3.8) is 0 Å².